The largest absolute Gasteiger partial charge is 0.380 e. The SMILES string of the molecule is C=CCNc1cc(SC2=CC(OC)C(I)=C=C2)cnc1C(N)=O. The number of carbonyl (C=O) groups is 1. The minimum atomic E-state index is -0.568. The van der Waals surface area contributed by atoms with Gasteiger partial charge in [-0.1, -0.05) is 17.8 Å². The van der Waals surface area contributed by atoms with Crippen LogP contribution < -0.4 is 11.1 Å². The lowest BCUT2D eigenvalue weighted by atomic mass is 10.2. The second-order valence-corrected chi connectivity index (χ2v) is 6.87. The highest BCUT2D eigenvalue weighted by Crippen LogP contribution is 2.33. The third kappa shape index (κ3) is 4.71. The topological polar surface area (TPSA) is 77.2 Å². The van der Waals surface area contributed by atoms with Crippen LogP contribution in [0.5, 0.6) is 0 Å². The summed E-state index contributed by atoms with van der Waals surface area (Å²) in [5, 5.41) is 3.08. The lowest BCUT2D eigenvalue weighted by Crippen LogP contribution is -2.16. The summed E-state index contributed by atoms with van der Waals surface area (Å²) in [6.07, 6.45) is 7.17. The van der Waals surface area contributed by atoms with Gasteiger partial charge in [-0.2, -0.15) is 0 Å². The molecule has 1 aromatic rings. The summed E-state index contributed by atoms with van der Waals surface area (Å²) < 4.78 is 6.39. The molecular formula is C16H16IN3O2S. The highest BCUT2D eigenvalue weighted by atomic mass is 127. The van der Waals surface area contributed by atoms with Crippen molar-refractivity contribution in [1.29, 1.82) is 0 Å². The van der Waals surface area contributed by atoms with Crippen molar-refractivity contribution in [2.24, 2.45) is 5.73 Å². The van der Waals surface area contributed by atoms with Crippen molar-refractivity contribution in [3.63, 3.8) is 0 Å². The fourth-order valence-electron chi connectivity index (χ4n) is 1.88. The van der Waals surface area contributed by atoms with E-state index in [1.807, 2.05) is 18.2 Å². The third-order valence-electron chi connectivity index (χ3n) is 2.94. The van der Waals surface area contributed by atoms with Crippen molar-refractivity contribution < 1.29 is 9.53 Å². The molecule has 5 nitrogen and oxygen atoms in total. The Hall–Kier alpha value is -1.54. The van der Waals surface area contributed by atoms with Gasteiger partial charge in [0.15, 0.2) is 5.69 Å². The molecule has 0 saturated heterocycles. The first-order chi connectivity index (χ1) is 11.0. The van der Waals surface area contributed by atoms with E-state index in [9.17, 15) is 4.79 Å². The molecule has 2 rings (SSSR count). The predicted octanol–water partition coefficient (Wildman–Crippen LogP) is 3.26. The fraction of sp³-hybridized carbons (Fsp3) is 0.188. The van der Waals surface area contributed by atoms with Gasteiger partial charge in [-0.15, -0.1) is 12.3 Å². The van der Waals surface area contributed by atoms with Crippen LogP contribution in [0.25, 0.3) is 0 Å². The number of hydrogen-bond acceptors (Lipinski definition) is 5. The van der Waals surface area contributed by atoms with Gasteiger partial charge < -0.3 is 15.8 Å². The summed E-state index contributed by atoms with van der Waals surface area (Å²) in [5.41, 5.74) is 9.33. The zero-order valence-corrected chi connectivity index (χ0v) is 15.5. The predicted molar refractivity (Wildman–Crippen MR) is 102 cm³/mol. The first kappa shape index (κ1) is 17.8. The Morgan fingerprint density at radius 1 is 1.70 bits per heavy atom. The van der Waals surface area contributed by atoms with Crippen LogP contribution in [0.15, 0.2) is 56.2 Å². The lowest BCUT2D eigenvalue weighted by molar-refractivity contribution is 0.0996. The molecule has 1 aliphatic carbocycles. The number of primary amides is 1. The summed E-state index contributed by atoms with van der Waals surface area (Å²) in [4.78, 5) is 17.5. The standard InChI is InChI=1S/C16H16IN3O2S/c1-3-6-19-13-7-11(9-20-15(13)16(18)21)23-10-4-5-12(17)14(8-10)22-2/h3-4,7-9,14,19H,1,6H2,2H3,(H2,18,21). The molecule has 0 spiro atoms. The minimum absolute atomic E-state index is 0.0840. The average molecular weight is 441 g/mol. The first-order valence-electron chi connectivity index (χ1n) is 6.74. The summed E-state index contributed by atoms with van der Waals surface area (Å²) in [7, 11) is 1.66. The van der Waals surface area contributed by atoms with E-state index in [-0.39, 0.29) is 11.8 Å². The van der Waals surface area contributed by atoms with Crippen molar-refractivity contribution in [3.05, 3.63) is 57.0 Å². The molecule has 0 aromatic carbocycles. The van der Waals surface area contributed by atoms with Gasteiger partial charge in [0.25, 0.3) is 5.91 Å². The number of hydrogen-bond donors (Lipinski definition) is 2. The maximum absolute atomic E-state index is 11.4. The number of methoxy groups -OCH3 is 1. The molecule has 0 saturated carbocycles. The molecule has 0 radical (unpaired) electrons. The number of thioether (sulfide) groups is 1. The van der Waals surface area contributed by atoms with E-state index in [0.29, 0.717) is 12.2 Å². The number of nitrogens with zero attached hydrogens (tertiary/aromatic N) is 1. The van der Waals surface area contributed by atoms with Gasteiger partial charge in [-0.3, -0.25) is 4.79 Å². The molecule has 1 atom stereocenters. The normalized spacial score (nSPS) is 16.5. The second-order valence-electron chi connectivity index (χ2n) is 4.57. The molecule has 1 amide bonds. The number of pyridine rings is 1. The van der Waals surface area contributed by atoms with Gasteiger partial charge in [0.1, 0.15) is 6.10 Å². The molecule has 0 aliphatic heterocycles. The molecular weight excluding hydrogens is 425 g/mol. The maximum atomic E-state index is 11.4. The van der Waals surface area contributed by atoms with Crippen LogP contribution in [0.3, 0.4) is 0 Å². The van der Waals surface area contributed by atoms with Crippen LogP contribution >= 0.6 is 34.4 Å². The molecule has 1 heterocycles. The highest BCUT2D eigenvalue weighted by Gasteiger charge is 2.15. The Kier molecular flexibility index (Phi) is 6.47. The fourth-order valence-corrected chi connectivity index (χ4v) is 3.33. The van der Waals surface area contributed by atoms with E-state index < -0.39 is 5.91 Å². The summed E-state index contributed by atoms with van der Waals surface area (Å²) in [6.45, 7) is 4.17. The average Bonchev–Trinajstić information content (AvgIpc) is 2.54. The number of aromatic nitrogens is 1. The minimum Gasteiger partial charge on any atom is -0.380 e. The van der Waals surface area contributed by atoms with Gasteiger partial charge >= 0.3 is 0 Å². The molecule has 0 bridgehead atoms. The number of amides is 1. The van der Waals surface area contributed by atoms with Gasteiger partial charge in [-0.25, -0.2) is 4.98 Å². The Bertz CT molecular complexity index is 724. The monoisotopic (exact) mass is 441 g/mol. The number of rotatable bonds is 7. The number of nitrogens with two attached hydrogens (primary N) is 1. The maximum Gasteiger partial charge on any atom is 0.269 e. The van der Waals surface area contributed by atoms with Crippen LogP contribution in [0.2, 0.25) is 0 Å². The van der Waals surface area contributed by atoms with Crippen LogP contribution in [0, 0.1) is 0 Å². The van der Waals surface area contributed by atoms with Crippen molar-refractivity contribution in [2.75, 3.05) is 19.0 Å². The van der Waals surface area contributed by atoms with Crippen LogP contribution in [0.4, 0.5) is 5.69 Å². The summed E-state index contributed by atoms with van der Waals surface area (Å²) >= 11 is 3.72. The number of ether oxygens (including phenoxy) is 1. The Labute approximate surface area is 152 Å². The van der Waals surface area contributed by atoms with Crippen LogP contribution in [-0.2, 0) is 4.74 Å². The van der Waals surface area contributed by atoms with E-state index in [1.165, 1.54) is 11.8 Å². The quantitative estimate of drug-likeness (QED) is 0.386. The number of anilines is 1. The third-order valence-corrected chi connectivity index (χ3v) is 4.81. The molecule has 23 heavy (non-hydrogen) atoms. The van der Waals surface area contributed by atoms with Crippen molar-refractivity contribution in [1.82, 2.24) is 4.98 Å². The van der Waals surface area contributed by atoms with E-state index >= 15 is 0 Å². The molecule has 1 aromatic heterocycles. The van der Waals surface area contributed by atoms with E-state index in [1.54, 1.807) is 19.4 Å². The molecule has 7 heteroatoms. The highest BCUT2D eigenvalue weighted by molar-refractivity contribution is 14.1. The zero-order chi connectivity index (χ0) is 16.8. The Morgan fingerprint density at radius 3 is 3.13 bits per heavy atom. The number of halogens is 1. The zero-order valence-electron chi connectivity index (χ0n) is 12.5. The summed E-state index contributed by atoms with van der Waals surface area (Å²) in [6, 6.07) is 1.85. The molecule has 1 aliphatic rings. The first-order valence-corrected chi connectivity index (χ1v) is 8.64. The van der Waals surface area contributed by atoms with Crippen molar-refractivity contribution in [3.8, 4) is 0 Å². The van der Waals surface area contributed by atoms with Crippen LogP contribution in [0.1, 0.15) is 10.5 Å². The van der Waals surface area contributed by atoms with Gasteiger partial charge in [0.05, 0.1) is 9.27 Å². The van der Waals surface area contributed by atoms with E-state index in [2.05, 4.69) is 45.2 Å². The molecule has 0 fully saturated rings. The molecule has 1 unspecified atom stereocenters. The second kappa shape index (κ2) is 8.35. The number of allylic oxidation sites excluding steroid dienone is 1. The smallest absolute Gasteiger partial charge is 0.269 e. The summed E-state index contributed by atoms with van der Waals surface area (Å²) in [5.74, 6) is -0.568. The molecule has 3 N–H and O–H groups in total. The van der Waals surface area contributed by atoms with Crippen molar-refractivity contribution in [2.45, 2.75) is 11.0 Å². The lowest BCUT2D eigenvalue weighted by Gasteiger charge is -2.14. The number of carbonyl (C=O) groups excluding carboxylic acids is 1. The Morgan fingerprint density at radius 2 is 2.48 bits per heavy atom. The van der Waals surface area contributed by atoms with Crippen LogP contribution in [-0.4, -0.2) is 30.6 Å². The van der Waals surface area contributed by atoms with Gasteiger partial charge in [0.2, 0.25) is 0 Å². The molecule has 120 valence electrons. The van der Waals surface area contributed by atoms with E-state index in [0.717, 1.165) is 13.4 Å². The van der Waals surface area contributed by atoms with Crippen molar-refractivity contribution >= 4 is 45.9 Å². The Balaban J connectivity index is 2.25. The van der Waals surface area contributed by atoms with Gasteiger partial charge in [0, 0.05) is 29.7 Å². The van der Waals surface area contributed by atoms with Gasteiger partial charge in [-0.05, 0) is 40.8 Å². The van der Waals surface area contributed by atoms with E-state index in [4.69, 9.17) is 10.5 Å². The number of nitrogens with one attached hydrogen (secondary N) is 1.